The third-order valence-corrected chi connectivity index (χ3v) is 4.30. The maximum Gasteiger partial charge on any atom is 0.332 e. The van der Waals surface area contributed by atoms with Gasteiger partial charge in [0.15, 0.2) is 17.4 Å². The number of unbranched alkanes of at least 4 members (excludes halogenated alkanes) is 1. The van der Waals surface area contributed by atoms with Crippen molar-refractivity contribution in [3.05, 3.63) is 10.5 Å². The molecule has 0 aliphatic carbocycles. The van der Waals surface area contributed by atoms with E-state index in [4.69, 9.17) is 19.9 Å². The topological polar surface area (TPSA) is 123 Å². The second-order valence-corrected chi connectivity index (χ2v) is 6.12. The number of carbonyl (C=O) groups is 1. The number of aromatic nitrogens is 4. The summed E-state index contributed by atoms with van der Waals surface area (Å²) in [6, 6.07) is 0. The van der Waals surface area contributed by atoms with E-state index in [1.807, 2.05) is 6.92 Å². The highest BCUT2D eigenvalue weighted by Gasteiger charge is 2.36. The van der Waals surface area contributed by atoms with Gasteiger partial charge in [0.05, 0.1) is 13.7 Å². The quantitative estimate of drug-likeness (QED) is 0.747. The fourth-order valence-corrected chi connectivity index (χ4v) is 3.18. The van der Waals surface area contributed by atoms with Crippen molar-refractivity contribution in [3.8, 4) is 5.88 Å². The van der Waals surface area contributed by atoms with E-state index in [9.17, 15) is 9.59 Å². The van der Waals surface area contributed by atoms with Crippen LogP contribution >= 0.6 is 0 Å². The van der Waals surface area contributed by atoms with E-state index in [1.165, 1.54) is 18.6 Å². The van der Waals surface area contributed by atoms with Crippen LogP contribution in [0.3, 0.4) is 0 Å². The number of hydrogen-bond acceptors (Lipinski definition) is 8. The Labute approximate surface area is 149 Å². The predicted molar refractivity (Wildman–Crippen MR) is 92.8 cm³/mol. The first kappa shape index (κ1) is 18.2. The van der Waals surface area contributed by atoms with Crippen LogP contribution in [0.15, 0.2) is 4.79 Å². The van der Waals surface area contributed by atoms with Crippen LogP contribution in [-0.2, 0) is 20.8 Å². The summed E-state index contributed by atoms with van der Waals surface area (Å²) in [6.45, 7) is 4.21. The molecule has 3 rings (SSSR count). The van der Waals surface area contributed by atoms with E-state index >= 15 is 0 Å². The molecule has 10 nitrogen and oxygen atoms in total. The maximum absolute atomic E-state index is 13.1. The zero-order valence-electron chi connectivity index (χ0n) is 15.1. The van der Waals surface area contributed by atoms with Crippen LogP contribution in [0, 0.1) is 0 Å². The average molecular weight is 365 g/mol. The van der Waals surface area contributed by atoms with Crippen molar-refractivity contribution in [2.75, 3.05) is 19.5 Å². The van der Waals surface area contributed by atoms with Gasteiger partial charge in [0.1, 0.15) is 6.10 Å². The normalized spacial score (nSPS) is 19.8. The van der Waals surface area contributed by atoms with Gasteiger partial charge >= 0.3 is 11.7 Å². The number of aryl methyl sites for hydroxylation is 1. The van der Waals surface area contributed by atoms with Crippen LogP contribution in [0.25, 0.3) is 11.2 Å². The van der Waals surface area contributed by atoms with E-state index < -0.39 is 18.3 Å². The third kappa shape index (κ3) is 3.12. The van der Waals surface area contributed by atoms with Crippen molar-refractivity contribution >= 4 is 23.1 Å². The Bertz CT molecular complexity index is 874. The van der Waals surface area contributed by atoms with Crippen LogP contribution in [0.5, 0.6) is 5.88 Å². The molecule has 0 amide bonds. The number of esters is 1. The highest BCUT2D eigenvalue weighted by Crippen LogP contribution is 2.31. The molecular formula is C16H23N5O5. The van der Waals surface area contributed by atoms with Crippen molar-refractivity contribution in [2.45, 2.75) is 52.0 Å². The Kier molecular flexibility index (Phi) is 5.12. The van der Waals surface area contributed by atoms with Crippen molar-refractivity contribution in [2.24, 2.45) is 0 Å². The molecule has 10 heteroatoms. The summed E-state index contributed by atoms with van der Waals surface area (Å²) < 4.78 is 19.3. The summed E-state index contributed by atoms with van der Waals surface area (Å²) in [4.78, 5) is 32.8. The van der Waals surface area contributed by atoms with Gasteiger partial charge in [-0.1, -0.05) is 13.3 Å². The smallest absolute Gasteiger partial charge is 0.332 e. The van der Waals surface area contributed by atoms with Gasteiger partial charge in [0.2, 0.25) is 11.8 Å². The van der Waals surface area contributed by atoms with Crippen LogP contribution in [-0.4, -0.2) is 44.9 Å². The van der Waals surface area contributed by atoms with E-state index in [2.05, 4.69) is 9.97 Å². The predicted octanol–water partition coefficient (Wildman–Crippen LogP) is 0.834. The fourth-order valence-electron chi connectivity index (χ4n) is 3.18. The first-order valence-electron chi connectivity index (χ1n) is 8.59. The molecule has 1 saturated heterocycles. The lowest BCUT2D eigenvalue weighted by molar-refractivity contribution is -0.151. The lowest BCUT2D eigenvalue weighted by atomic mass is 10.2. The highest BCUT2D eigenvalue weighted by molar-refractivity contribution is 5.78. The lowest BCUT2D eigenvalue weighted by Gasteiger charge is -2.19. The number of methoxy groups -OCH3 is 1. The zero-order valence-corrected chi connectivity index (χ0v) is 15.1. The number of nitrogen functional groups attached to an aromatic ring is 1. The Morgan fingerprint density at radius 3 is 2.85 bits per heavy atom. The molecule has 2 aromatic heterocycles. The number of carbonyl (C=O) groups excluding carboxylic acids is 1. The number of imidazole rings is 1. The first-order valence-corrected chi connectivity index (χ1v) is 8.59. The minimum atomic E-state index is -0.768. The number of nitrogens with two attached hydrogens (primary N) is 1. The molecule has 2 unspecified atom stereocenters. The van der Waals surface area contributed by atoms with E-state index in [0.717, 1.165) is 12.8 Å². The highest BCUT2D eigenvalue weighted by atomic mass is 16.6. The molecule has 26 heavy (non-hydrogen) atoms. The Morgan fingerprint density at radius 2 is 2.19 bits per heavy atom. The molecular weight excluding hydrogens is 342 g/mol. The summed E-state index contributed by atoms with van der Waals surface area (Å²) in [6.07, 6.45) is 0.864. The molecule has 1 fully saturated rings. The lowest BCUT2D eigenvalue weighted by Crippen LogP contribution is -2.33. The summed E-state index contributed by atoms with van der Waals surface area (Å²) >= 11 is 0. The molecule has 2 atom stereocenters. The number of hydrogen-bond donors (Lipinski definition) is 1. The number of ether oxygens (including phenoxy) is 3. The number of nitrogens with zero attached hydrogens (tertiary/aromatic N) is 4. The molecule has 3 heterocycles. The van der Waals surface area contributed by atoms with Gasteiger partial charge in [0, 0.05) is 19.9 Å². The van der Waals surface area contributed by atoms with Crippen LogP contribution in [0.2, 0.25) is 0 Å². The molecule has 1 aliphatic rings. The van der Waals surface area contributed by atoms with Crippen LogP contribution in [0.1, 0.15) is 39.3 Å². The summed E-state index contributed by atoms with van der Waals surface area (Å²) in [5.74, 6) is -0.223. The number of rotatable bonds is 6. The molecule has 0 bridgehead atoms. The SMILES string of the molecule is CCCCn1c(=O)n(C2OCCC2OC(C)=O)c2nc(N)nc(OC)c21. The zero-order chi connectivity index (χ0) is 18.8. The van der Waals surface area contributed by atoms with Crippen LogP contribution < -0.4 is 16.2 Å². The molecule has 1 aliphatic heterocycles. The summed E-state index contributed by atoms with van der Waals surface area (Å²) in [7, 11) is 1.46. The first-order chi connectivity index (χ1) is 12.5. The Morgan fingerprint density at radius 1 is 1.42 bits per heavy atom. The monoisotopic (exact) mass is 365 g/mol. The van der Waals surface area contributed by atoms with Crippen molar-refractivity contribution in [3.63, 3.8) is 0 Å². The summed E-state index contributed by atoms with van der Waals surface area (Å²) in [5.41, 5.74) is 6.23. The number of fused-ring (bicyclic) bond motifs is 1. The molecule has 142 valence electrons. The van der Waals surface area contributed by atoms with Gasteiger partial charge in [-0.2, -0.15) is 9.97 Å². The van der Waals surface area contributed by atoms with Crippen molar-refractivity contribution < 1.29 is 19.0 Å². The number of anilines is 1. The molecule has 2 aromatic rings. The molecule has 0 radical (unpaired) electrons. The van der Waals surface area contributed by atoms with E-state index in [-0.39, 0.29) is 17.5 Å². The minimum absolute atomic E-state index is 0.0159. The summed E-state index contributed by atoms with van der Waals surface area (Å²) in [5, 5.41) is 0. The van der Waals surface area contributed by atoms with Gasteiger partial charge in [-0.3, -0.25) is 9.36 Å². The van der Waals surface area contributed by atoms with Gasteiger partial charge in [-0.15, -0.1) is 0 Å². The standard InChI is InChI=1S/C16H23N5O5/c1-4-5-7-20-11-12(18-15(17)19-13(11)24-3)21(16(20)23)14-10(6-8-25-14)26-9(2)22/h10,14H,4-8H2,1-3H3,(H2,17,18,19). The van der Waals surface area contributed by atoms with Crippen LogP contribution in [0.4, 0.5) is 5.95 Å². The van der Waals surface area contributed by atoms with E-state index in [1.54, 1.807) is 4.57 Å². The maximum atomic E-state index is 13.1. The van der Waals surface area contributed by atoms with Gasteiger partial charge < -0.3 is 19.9 Å². The molecule has 2 N–H and O–H groups in total. The van der Waals surface area contributed by atoms with Crippen molar-refractivity contribution in [1.29, 1.82) is 0 Å². The molecule has 0 spiro atoms. The molecule has 0 saturated carbocycles. The minimum Gasteiger partial charge on any atom is -0.479 e. The third-order valence-electron chi connectivity index (χ3n) is 4.30. The van der Waals surface area contributed by atoms with Gasteiger partial charge in [0.25, 0.3) is 0 Å². The second kappa shape index (κ2) is 7.32. The van der Waals surface area contributed by atoms with Crippen molar-refractivity contribution in [1.82, 2.24) is 19.1 Å². The largest absolute Gasteiger partial charge is 0.479 e. The van der Waals surface area contributed by atoms with Gasteiger partial charge in [-0.25, -0.2) is 9.36 Å². The average Bonchev–Trinajstić information content (AvgIpc) is 3.13. The Balaban J connectivity index is 2.21. The van der Waals surface area contributed by atoms with Gasteiger partial charge in [-0.05, 0) is 6.42 Å². The fraction of sp³-hybridized carbons (Fsp3) is 0.625. The second-order valence-electron chi connectivity index (χ2n) is 6.12. The Hall–Kier alpha value is -2.62. The molecule has 0 aromatic carbocycles. The van der Waals surface area contributed by atoms with E-state index in [0.29, 0.717) is 30.7 Å².